The van der Waals surface area contributed by atoms with Gasteiger partial charge in [0.15, 0.2) is 0 Å². The van der Waals surface area contributed by atoms with Gasteiger partial charge in [0.1, 0.15) is 0 Å². The summed E-state index contributed by atoms with van der Waals surface area (Å²) in [6.07, 6.45) is 10.0. The number of unbranched alkanes of at least 4 members (excludes halogenated alkanes) is 1. The van der Waals surface area contributed by atoms with Gasteiger partial charge in [-0.3, -0.25) is 0 Å². The fourth-order valence-corrected chi connectivity index (χ4v) is 3.43. The summed E-state index contributed by atoms with van der Waals surface area (Å²) < 4.78 is 0. The first-order valence-electron chi connectivity index (χ1n) is 5.45. The fraction of sp³-hybridized carbons (Fsp3) is 1.00. The van der Waals surface area contributed by atoms with Gasteiger partial charge in [0.2, 0.25) is 0 Å². The Balaban J connectivity index is 2.49. The molecule has 1 aliphatic rings. The van der Waals surface area contributed by atoms with Crippen molar-refractivity contribution in [3.8, 4) is 0 Å². The Kier molecular flexibility index (Phi) is 4.03. The molecule has 0 N–H and O–H groups in total. The lowest BCUT2D eigenvalue weighted by atomic mass is 9.76. The third-order valence-corrected chi connectivity index (χ3v) is 4.60. The van der Waals surface area contributed by atoms with E-state index in [1.54, 1.807) is 0 Å². The van der Waals surface area contributed by atoms with Gasteiger partial charge in [0.05, 0.1) is 0 Å². The molecule has 0 nitrogen and oxygen atoms in total. The van der Waals surface area contributed by atoms with E-state index in [9.17, 15) is 0 Å². The van der Waals surface area contributed by atoms with Crippen molar-refractivity contribution in [2.45, 2.75) is 52.4 Å². The Morgan fingerprint density at radius 1 is 1.50 bits per heavy atom. The molecule has 0 aliphatic heterocycles. The molecule has 0 amide bonds. The van der Waals surface area contributed by atoms with Gasteiger partial charge >= 0.3 is 0 Å². The Labute approximate surface area is 79.7 Å². The second-order valence-corrected chi connectivity index (χ2v) is 4.87. The zero-order valence-corrected chi connectivity index (χ0v) is 9.76. The highest BCUT2D eigenvalue weighted by atomic mass is 31.0. The highest BCUT2D eigenvalue weighted by Crippen LogP contribution is 2.47. The van der Waals surface area contributed by atoms with Crippen LogP contribution in [0.25, 0.3) is 0 Å². The Hall–Kier alpha value is 0.430. The topological polar surface area (TPSA) is 0 Å². The number of rotatable bonds is 4. The van der Waals surface area contributed by atoms with E-state index in [2.05, 4.69) is 23.1 Å². The molecular weight excluding hydrogens is 163 g/mol. The van der Waals surface area contributed by atoms with E-state index >= 15 is 0 Å². The maximum Gasteiger partial charge on any atom is -0.0237 e. The van der Waals surface area contributed by atoms with Crippen LogP contribution in [-0.2, 0) is 0 Å². The van der Waals surface area contributed by atoms with Gasteiger partial charge in [-0.2, -0.15) is 0 Å². The van der Waals surface area contributed by atoms with E-state index < -0.39 is 0 Å². The quantitative estimate of drug-likeness (QED) is 0.585. The lowest BCUT2D eigenvalue weighted by Gasteiger charge is -2.32. The van der Waals surface area contributed by atoms with Crippen LogP contribution >= 0.6 is 9.24 Å². The Morgan fingerprint density at radius 2 is 2.25 bits per heavy atom. The molecule has 0 aromatic carbocycles. The molecule has 0 heterocycles. The Bertz CT molecular complexity index is 133. The van der Waals surface area contributed by atoms with E-state index in [0.29, 0.717) is 5.41 Å². The molecule has 12 heavy (non-hydrogen) atoms. The van der Waals surface area contributed by atoms with Crippen LogP contribution in [0, 0.1) is 11.3 Å². The second-order valence-electron chi connectivity index (χ2n) is 4.46. The van der Waals surface area contributed by atoms with Crippen molar-refractivity contribution in [3.63, 3.8) is 0 Å². The van der Waals surface area contributed by atoms with Crippen LogP contribution in [0.3, 0.4) is 0 Å². The number of hydrogen-bond donors (Lipinski definition) is 0. The van der Waals surface area contributed by atoms with E-state index in [0.717, 1.165) is 5.92 Å². The predicted molar refractivity (Wildman–Crippen MR) is 59.6 cm³/mol. The summed E-state index contributed by atoms with van der Waals surface area (Å²) in [5.41, 5.74) is 0.709. The SMILES string of the molecule is CCCCC1(CP)CCCC1C. The highest BCUT2D eigenvalue weighted by molar-refractivity contribution is 7.16. The van der Waals surface area contributed by atoms with E-state index in [1.165, 1.54) is 44.7 Å². The van der Waals surface area contributed by atoms with E-state index in [-0.39, 0.29) is 0 Å². The number of hydrogen-bond acceptors (Lipinski definition) is 0. The van der Waals surface area contributed by atoms with Crippen LogP contribution < -0.4 is 0 Å². The van der Waals surface area contributed by atoms with Gasteiger partial charge in [-0.15, -0.1) is 9.24 Å². The molecule has 1 fully saturated rings. The van der Waals surface area contributed by atoms with E-state index in [1.807, 2.05) is 0 Å². The van der Waals surface area contributed by atoms with Crippen molar-refractivity contribution >= 4 is 9.24 Å². The summed E-state index contributed by atoms with van der Waals surface area (Å²) in [4.78, 5) is 0. The smallest absolute Gasteiger partial charge is 0.0237 e. The summed E-state index contributed by atoms with van der Waals surface area (Å²) in [5.74, 6) is 0.974. The van der Waals surface area contributed by atoms with Crippen molar-refractivity contribution in [2.75, 3.05) is 6.16 Å². The molecule has 3 unspecified atom stereocenters. The van der Waals surface area contributed by atoms with Crippen LogP contribution in [-0.4, -0.2) is 6.16 Å². The molecule has 0 aromatic rings. The molecule has 1 aliphatic carbocycles. The molecule has 1 rings (SSSR count). The van der Waals surface area contributed by atoms with Gasteiger partial charge in [0, 0.05) is 0 Å². The van der Waals surface area contributed by atoms with Gasteiger partial charge in [-0.25, -0.2) is 0 Å². The normalized spacial score (nSPS) is 35.8. The molecular formula is C11H23P. The first kappa shape index (κ1) is 10.5. The van der Waals surface area contributed by atoms with Crippen LogP contribution in [0.1, 0.15) is 52.4 Å². The van der Waals surface area contributed by atoms with Crippen molar-refractivity contribution in [2.24, 2.45) is 11.3 Å². The van der Waals surface area contributed by atoms with Gasteiger partial charge < -0.3 is 0 Å². The zero-order chi connectivity index (χ0) is 9.03. The van der Waals surface area contributed by atoms with Gasteiger partial charge in [-0.1, -0.05) is 39.5 Å². The monoisotopic (exact) mass is 186 g/mol. The predicted octanol–water partition coefficient (Wildman–Crippen LogP) is 3.86. The maximum absolute atomic E-state index is 2.97. The maximum atomic E-state index is 2.97. The van der Waals surface area contributed by atoms with Crippen molar-refractivity contribution in [1.29, 1.82) is 0 Å². The molecule has 0 spiro atoms. The fourth-order valence-electron chi connectivity index (χ4n) is 2.62. The molecule has 0 radical (unpaired) electrons. The van der Waals surface area contributed by atoms with Crippen molar-refractivity contribution < 1.29 is 0 Å². The molecule has 0 bridgehead atoms. The first-order valence-corrected chi connectivity index (χ1v) is 6.27. The summed E-state index contributed by atoms with van der Waals surface area (Å²) in [7, 11) is 2.97. The standard InChI is InChI=1S/C11H23P/c1-3-4-7-11(9-12)8-5-6-10(11)2/h10H,3-9,12H2,1-2H3. The summed E-state index contributed by atoms with van der Waals surface area (Å²) in [5, 5.41) is 0. The minimum atomic E-state index is 0.709. The van der Waals surface area contributed by atoms with E-state index in [4.69, 9.17) is 0 Å². The lowest BCUT2D eigenvalue weighted by molar-refractivity contribution is 0.226. The van der Waals surface area contributed by atoms with Gasteiger partial charge in [0.25, 0.3) is 0 Å². The van der Waals surface area contributed by atoms with Crippen LogP contribution in [0.15, 0.2) is 0 Å². The largest absolute Gasteiger partial charge is 0.137 e. The molecule has 72 valence electrons. The molecule has 3 atom stereocenters. The minimum Gasteiger partial charge on any atom is -0.137 e. The molecule has 1 heteroatoms. The highest BCUT2D eigenvalue weighted by Gasteiger charge is 2.37. The van der Waals surface area contributed by atoms with Crippen LogP contribution in [0.4, 0.5) is 0 Å². The minimum absolute atomic E-state index is 0.709. The third kappa shape index (κ3) is 2.02. The molecule has 1 saturated carbocycles. The zero-order valence-electron chi connectivity index (χ0n) is 8.60. The van der Waals surface area contributed by atoms with Gasteiger partial charge in [-0.05, 0) is 30.3 Å². The second kappa shape index (κ2) is 4.61. The first-order chi connectivity index (χ1) is 5.75. The van der Waals surface area contributed by atoms with Crippen LogP contribution in [0.5, 0.6) is 0 Å². The molecule has 0 aromatic heterocycles. The summed E-state index contributed by atoms with van der Waals surface area (Å²) >= 11 is 0. The third-order valence-electron chi connectivity index (χ3n) is 3.79. The van der Waals surface area contributed by atoms with Crippen molar-refractivity contribution in [1.82, 2.24) is 0 Å². The lowest BCUT2D eigenvalue weighted by Crippen LogP contribution is -2.25. The van der Waals surface area contributed by atoms with Crippen molar-refractivity contribution in [3.05, 3.63) is 0 Å². The van der Waals surface area contributed by atoms with Crippen LogP contribution in [0.2, 0.25) is 0 Å². The Morgan fingerprint density at radius 3 is 2.67 bits per heavy atom. The summed E-state index contributed by atoms with van der Waals surface area (Å²) in [6, 6.07) is 0. The molecule has 0 saturated heterocycles. The summed E-state index contributed by atoms with van der Waals surface area (Å²) in [6.45, 7) is 4.75. The average Bonchev–Trinajstić information content (AvgIpc) is 2.45. The average molecular weight is 186 g/mol.